The van der Waals surface area contributed by atoms with Crippen LogP contribution in [0.1, 0.15) is 6.92 Å². The molecule has 2 aromatic rings. The van der Waals surface area contributed by atoms with Gasteiger partial charge in [0, 0.05) is 12.7 Å². The molecule has 0 radical (unpaired) electrons. The van der Waals surface area contributed by atoms with E-state index in [-0.39, 0.29) is 5.69 Å². The molecule has 0 spiro atoms. The molecule has 76 valence electrons. The van der Waals surface area contributed by atoms with Crippen LogP contribution in [0.4, 0.5) is 0 Å². The highest BCUT2D eigenvalue weighted by Gasteiger charge is 2.03. The van der Waals surface area contributed by atoms with Gasteiger partial charge in [0.1, 0.15) is 0 Å². The molecule has 0 amide bonds. The Balaban J connectivity index is 2.63. The Kier molecular flexibility index (Phi) is 2.63. The molecule has 1 aromatic carbocycles. The van der Waals surface area contributed by atoms with Crippen LogP contribution >= 0.6 is 0 Å². The Hall–Kier alpha value is -1.90. The maximum Gasteiger partial charge on any atom is 0.347 e. The predicted octanol–water partition coefficient (Wildman–Crippen LogP) is 1.93. The largest absolute Gasteiger partial charge is 0.347 e. The summed E-state index contributed by atoms with van der Waals surface area (Å²) < 4.78 is 1.66. The van der Waals surface area contributed by atoms with Gasteiger partial charge in [-0.2, -0.15) is 0 Å². The number of aromatic nitrogens is 2. The van der Waals surface area contributed by atoms with Gasteiger partial charge in [0.05, 0.1) is 5.69 Å². The third-order valence-electron chi connectivity index (χ3n) is 2.32. The average molecular weight is 200 g/mol. The van der Waals surface area contributed by atoms with Gasteiger partial charge in [-0.05, 0) is 18.6 Å². The van der Waals surface area contributed by atoms with Crippen molar-refractivity contribution in [3.8, 4) is 11.3 Å². The van der Waals surface area contributed by atoms with Crippen LogP contribution in [-0.2, 0) is 6.54 Å². The second kappa shape index (κ2) is 4.09. The molecular formula is C12H12N2O. The summed E-state index contributed by atoms with van der Waals surface area (Å²) in [4.78, 5) is 15.2. The van der Waals surface area contributed by atoms with Crippen molar-refractivity contribution in [3.63, 3.8) is 0 Å². The normalized spacial score (nSPS) is 10.2. The van der Waals surface area contributed by atoms with Crippen LogP contribution in [-0.4, -0.2) is 9.55 Å². The summed E-state index contributed by atoms with van der Waals surface area (Å²) >= 11 is 0. The zero-order chi connectivity index (χ0) is 10.7. The summed E-state index contributed by atoms with van der Waals surface area (Å²) in [5.41, 5.74) is 1.76. The van der Waals surface area contributed by atoms with Crippen LogP contribution in [0.15, 0.2) is 47.4 Å². The number of hydrogen-bond donors (Lipinski definition) is 0. The van der Waals surface area contributed by atoms with Crippen LogP contribution in [0.5, 0.6) is 0 Å². The van der Waals surface area contributed by atoms with Crippen molar-refractivity contribution in [2.24, 2.45) is 0 Å². The lowest BCUT2D eigenvalue weighted by atomic mass is 10.1. The van der Waals surface area contributed by atoms with Gasteiger partial charge in [-0.15, -0.1) is 0 Å². The molecular weight excluding hydrogens is 188 g/mol. The molecule has 0 fully saturated rings. The highest BCUT2D eigenvalue weighted by molar-refractivity contribution is 5.58. The van der Waals surface area contributed by atoms with Gasteiger partial charge in [0.2, 0.25) is 0 Å². The molecule has 1 aromatic heterocycles. The van der Waals surface area contributed by atoms with Crippen LogP contribution in [0.25, 0.3) is 11.3 Å². The van der Waals surface area contributed by atoms with E-state index in [2.05, 4.69) is 4.98 Å². The van der Waals surface area contributed by atoms with E-state index in [9.17, 15) is 4.79 Å². The third-order valence-corrected chi connectivity index (χ3v) is 2.32. The van der Waals surface area contributed by atoms with Gasteiger partial charge in [0.25, 0.3) is 0 Å². The van der Waals surface area contributed by atoms with Crippen LogP contribution in [0.3, 0.4) is 0 Å². The molecule has 0 bridgehead atoms. The third kappa shape index (κ3) is 1.81. The molecule has 0 saturated heterocycles. The van der Waals surface area contributed by atoms with E-state index < -0.39 is 0 Å². The van der Waals surface area contributed by atoms with E-state index in [4.69, 9.17) is 0 Å². The van der Waals surface area contributed by atoms with Gasteiger partial charge in [-0.1, -0.05) is 30.3 Å². The van der Waals surface area contributed by atoms with Crippen LogP contribution in [0.2, 0.25) is 0 Å². The molecule has 0 unspecified atom stereocenters. The first-order valence-corrected chi connectivity index (χ1v) is 4.94. The molecule has 0 atom stereocenters. The molecule has 2 rings (SSSR count). The van der Waals surface area contributed by atoms with Gasteiger partial charge < -0.3 is 0 Å². The molecule has 0 N–H and O–H groups in total. The monoisotopic (exact) mass is 200 g/mol. The first kappa shape index (κ1) is 9.65. The summed E-state index contributed by atoms with van der Waals surface area (Å²) in [5.74, 6) is 0. The highest BCUT2D eigenvalue weighted by Crippen LogP contribution is 2.16. The van der Waals surface area contributed by atoms with Crippen molar-refractivity contribution in [3.05, 3.63) is 53.1 Å². The van der Waals surface area contributed by atoms with E-state index in [0.29, 0.717) is 6.54 Å². The summed E-state index contributed by atoms with van der Waals surface area (Å²) in [6, 6.07) is 11.7. The quantitative estimate of drug-likeness (QED) is 0.742. The van der Waals surface area contributed by atoms with Gasteiger partial charge in [0.15, 0.2) is 0 Å². The van der Waals surface area contributed by atoms with Gasteiger partial charge in [-0.25, -0.2) is 9.78 Å². The molecule has 0 aliphatic rings. The molecule has 0 aliphatic carbocycles. The number of benzene rings is 1. The van der Waals surface area contributed by atoms with Gasteiger partial charge >= 0.3 is 5.69 Å². The zero-order valence-corrected chi connectivity index (χ0v) is 8.55. The van der Waals surface area contributed by atoms with Crippen molar-refractivity contribution in [1.82, 2.24) is 9.55 Å². The fourth-order valence-corrected chi connectivity index (χ4v) is 1.60. The van der Waals surface area contributed by atoms with Gasteiger partial charge in [-0.3, -0.25) is 4.57 Å². The van der Waals surface area contributed by atoms with Crippen LogP contribution in [0, 0.1) is 0 Å². The molecule has 1 heterocycles. The zero-order valence-electron chi connectivity index (χ0n) is 8.55. The molecule has 15 heavy (non-hydrogen) atoms. The van der Waals surface area contributed by atoms with E-state index in [0.717, 1.165) is 11.3 Å². The Bertz CT molecular complexity index is 503. The Morgan fingerprint density at radius 1 is 1.20 bits per heavy atom. The fourth-order valence-electron chi connectivity index (χ4n) is 1.60. The molecule has 0 saturated carbocycles. The molecule has 3 heteroatoms. The Morgan fingerprint density at radius 3 is 2.60 bits per heavy atom. The van der Waals surface area contributed by atoms with Crippen molar-refractivity contribution in [1.29, 1.82) is 0 Å². The number of hydrogen-bond acceptors (Lipinski definition) is 2. The molecule has 3 nitrogen and oxygen atoms in total. The Morgan fingerprint density at radius 2 is 1.93 bits per heavy atom. The minimum Gasteiger partial charge on any atom is -0.292 e. The lowest BCUT2D eigenvalue weighted by molar-refractivity contribution is 0.707. The standard InChI is InChI=1S/C12H12N2O/c1-2-14-11(8-9-13-12(14)15)10-6-4-3-5-7-10/h3-9H,2H2,1H3. The maximum absolute atomic E-state index is 11.5. The summed E-state index contributed by atoms with van der Waals surface area (Å²) in [6.07, 6.45) is 1.55. The average Bonchev–Trinajstić information content (AvgIpc) is 2.30. The van der Waals surface area contributed by atoms with Crippen molar-refractivity contribution in [2.75, 3.05) is 0 Å². The summed E-state index contributed by atoms with van der Waals surface area (Å²) in [5, 5.41) is 0. The maximum atomic E-state index is 11.5. The van der Waals surface area contributed by atoms with Crippen molar-refractivity contribution in [2.45, 2.75) is 13.5 Å². The van der Waals surface area contributed by atoms with E-state index in [1.165, 1.54) is 0 Å². The first-order chi connectivity index (χ1) is 7.33. The van der Waals surface area contributed by atoms with E-state index in [1.807, 2.05) is 43.3 Å². The fraction of sp³-hybridized carbons (Fsp3) is 0.167. The van der Waals surface area contributed by atoms with Crippen molar-refractivity contribution >= 4 is 0 Å². The summed E-state index contributed by atoms with van der Waals surface area (Å²) in [7, 11) is 0. The minimum atomic E-state index is -0.196. The lowest BCUT2D eigenvalue weighted by Gasteiger charge is -2.08. The second-order valence-corrected chi connectivity index (χ2v) is 3.22. The topological polar surface area (TPSA) is 34.9 Å². The first-order valence-electron chi connectivity index (χ1n) is 4.94. The van der Waals surface area contributed by atoms with E-state index >= 15 is 0 Å². The molecule has 0 aliphatic heterocycles. The minimum absolute atomic E-state index is 0.196. The number of rotatable bonds is 2. The van der Waals surface area contributed by atoms with E-state index in [1.54, 1.807) is 10.8 Å². The SMILES string of the molecule is CCn1c(-c2ccccc2)ccnc1=O. The Labute approximate surface area is 88.0 Å². The summed E-state index contributed by atoms with van der Waals surface area (Å²) in [6.45, 7) is 2.58. The van der Waals surface area contributed by atoms with Crippen molar-refractivity contribution < 1.29 is 0 Å². The number of nitrogens with zero attached hydrogens (tertiary/aromatic N) is 2. The highest BCUT2D eigenvalue weighted by atomic mass is 16.1. The van der Waals surface area contributed by atoms with Crippen LogP contribution < -0.4 is 5.69 Å². The predicted molar refractivity (Wildman–Crippen MR) is 59.6 cm³/mol. The lowest BCUT2D eigenvalue weighted by Crippen LogP contribution is -2.22. The smallest absolute Gasteiger partial charge is 0.292 e. The second-order valence-electron chi connectivity index (χ2n) is 3.22.